The van der Waals surface area contributed by atoms with Crippen molar-refractivity contribution in [2.24, 2.45) is 0 Å². The molecule has 2 unspecified atom stereocenters. The third-order valence-corrected chi connectivity index (χ3v) is 9.62. The fourth-order valence-electron chi connectivity index (χ4n) is 7.47. The number of likely N-dealkylation sites (N-methyl/N-ethyl adjacent to an activating group) is 1. The van der Waals surface area contributed by atoms with Gasteiger partial charge in [-0.3, -0.25) is 29.0 Å². The molecule has 0 amide bonds. The van der Waals surface area contributed by atoms with Crippen LogP contribution in [0.3, 0.4) is 0 Å². The number of carbonyl (C=O) groups is 5. The smallest absolute Gasteiger partial charge is 0.333 e. The zero-order valence-corrected chi connectivity index (χ0v) is 26.0. The van der Waals surface area contributed by atoms with Crippen molar-refractivity contribution in [3.8, 4) is 6.07 Å². The van der Waals surface area contributed by atoms with Gasteiger partial charge in [0.25, 0.3) is 0 Å². The molecule has 5 rings (SSSR count). The average Bonchev–Trinajstić information content (AvgIpc) is 3.01. The highest BCUT2D eigenvalue weighted by molar-refractivity contribution is 6.26. The van der Waals surface area contributed by atoms with Crippen molar-refractivity contribution in [1.29, 1.82) is 5.26 Å². The van der Waals surface area contributed by atoms with Crippen molar-refractivity contribution in [2.75, 3.05) is 35.0 Å². The summed E-state index contributed by atoms with van der Waals surface area (Å²) in [6, 6.07) is -1.98. The molecule has 0 aromatic heterocycles. The second kappa shape index (κ2) is 11.4. The van der Waals surface area contributed by atoms with E-state index >= 15 is 0 Å². The van der Waals surface area contributed by atoms with Crippen LogP contribution in [0.5, 0.6) is 0 Å². The topological polar surface area (TPSA) is 153 Å². The number of fused-ring (bicyclic) bond motifs is 5. The largest absolute Gasteiger partial charge is 0.492 e. The first-order valence-electron chi connectivity index (χ1n) is 14.3. The summed E-state index contributed by atoms with van der Waals surface area (Å²) in [6.07, 6.45) is 0.601. The van der Waals surface area contributed by atoms with Gasteiger partial charge in [-0.2, -0.15) is 5.26 Å². The van der Waals surface area contributed by atoms with Crippen LogP contribution in [0, 0.1) is 11.3 Å². The number of rotatable bonds is 6. The van der Waals surface area contributed by atoms with E-state index < -0.39 is 65.4 Å². The molecule has 0 aromatic rings. The molecule has 3 heterocycles. The van der Waals surface area contributed by atoms with E-state index in [0.717, 1.165) is 0 Å². The van der Waals surface area contributed by atoms with Gasteiger partial charge >= 0.3 is 5.97 Å². The molecule has 3 aliphatic heterocycles. The zero-order valence-electron chi connectivity index (χ0n) is 26.0. The van der Waals surface area contributed by atoms with Gasteiger partial charge in [-0.15, -0.1) is 0 Å². The fourth-order valence-corrected chi connectivity index (χ4v) is 7.47. The van der Waals surface area contributed by atoms with Gasteiger partial charge in [0.05, 0.1) is 38.4 Å². The van der Waals surface area contributed by atoms with E-state index in [1.165, 1.54) is 35.2 Å². The first-order valence-corrected chi connectivity index (χ1v) is 14.3. The van der Waals surface area contributed by atoms with Crippen LogP contribution in [0.1, 0.15) is 34.1 Å². The Kier molecular flexibility index (Phi) is 8.09. The number of allylic oxidation sites excluding steroid dienone is 5. The highest BCUT2D eigenvalue weighted by atomic mass is 16.5. The van der Waals surface area contributed by atoms with Crippen LogP contribution in [-0.2, 0) is 42.9 Å². The summed E-state index contributed by atoms with van der Waals surface area (Å²) in [6.45, 7) is 5.94. The Hall–Kier alpha value is -4.18. The molecule has 5 aliphatic rings. The molecule has 44 heavy (non-hydrogen) atoms. The zero-order chi connectivity index (χ0) is 32.4. The average molecular weight is 606 g/mol. The van der Waals surface area contributed by atoms with Gasteiger partial charge in [-0.1, -0.05) is 6.08 Å². The molecule has 0 aromatic carbocycles. The van der Waals surface area contributed by atoms with Gasteiger partial charge in [-0.25, -0.2) is 4.79 Å². The molecule has 232 valence electrons. The Labute approximate surface area is 255 Å². The van der Waals surface area contributed by atoms with E-state index in [1.807, 2.05) is 4.90 Å². The maximum atomic E-state index is 14.0. The predicted octanol–water partition coefficient (Wildman–Crippen LogP) is 1.28. The molecule has 0 N–H and O–H groups in total. The third-order valence-electron chi connectivity index (χ3n) is 9.62. The van der Waals surface area contributed by atoms with Crippen molar-refractivity contribution in [3.63, 3.8) is 0 Å². The maximum Gasteiger partial charge on any atom is 0.333 e. The standard InChI is InChI=1S/C32H35N3O9/c1-9-13(2)32(40)44-12-19-20-16(25(36)14(3)29(41-6)27(20)38)10-17-23-21-22(26(37)15(4)30(42-7)28(21)39)31(43-8)24(34(23)5)18(11-33)35(17)19/h9,17-19,23-24,31H,10,12H2,1-8H3/b13-9-/t17?,18-,19?,23-,24+,31-/m0/s1. The second-order valence-corrected chi connectivity index (χ2v) is 11.5. The van der Waals surface area contributed by atoms with Gasteiger partial charge < -0.3 is 18.9 Å². The van der Waals surface area contributed by atoms with Crippen molar-refractivity contribution in [3.05, 3.63) is 56.6 Å². The van der Waals surface area contributed by atoms with Gasteiger partial charge in [-0.05, 0) is 41.2 Å². The van der Waals surface area contributed by atoms with E-state index in [4.69, 9.17) is 18.9 Å². The molecule has 0 radical (unpaired) electrons. The van der Waals surface area contributed by atoms with Crippen molar-refractivity contribution in [2.45, 2.75) is 70.4 Å². The first-order chi connectivity index (χ1) is 20.9. The quantitative estimate of drug-likeness (QED) is 0.244. The van der Waals surface area contributed by atoms with Gasteiger partial charge in [0, 0.05) is 52.2 Å². The maximum absolute atomic E-state index is 14.0. The monoisotopic (exact) mass is 605 g/mol. The lowest BCUT2D eigenvalue weighted by Crippen LogP contribution is -2.77. The van der Waals surface area contributed by atoms with Crippen LogP contribution < -0.4 is 0 Å². The number of ether oxygens (including phenoxy) is 4. The number of esters is 1. The van der Waals surface area contributed by atoms with Crippen molar-refractivity contribution < 1.29 is 42.9 Å². The summed E-state index contributed by atoms with van der Waals surface area (Å²) in [5.41, 5.74) is 1.24. The van der Waals surface area contributed by atoms with E-state index in [9.17, 15) is 29.2 Å². The Morgan fingerprint density at radius 3 is 2.09 bits per heavy atom. The fraction of sp³-hybridized carbons (Fsp3) is 0.500. The van der Waals surface area contributed by atoms with Gasteiger partial charge in [0.1, 0.15) is 18.8 Å². The van der Waals surface area contributed by atoms with E-state index in [1.54, 1.807) is 31.9 Å². The molecule has 2 bridgehead atoms. The number of hydrogen-bond donors (Lipinski definition) is 0. The molecule has 2 aliphatic carbocycles. The Bertz CT molecular complexity index is 1600. The lowest BCUT2D eigenvalue weighted by atomic mass is 9.66. The first kappa shape index (κ1) is 31.3. The normalized spacial score (nSPS) is 31.1. The van der Waals surface area contributed by atoms with Crippen LogP contribution >= 0.6 is 0 Å². The molecule has 12 nitrogen and oxygen atoms in total. The SMILES string of the molecule is C/C=C(/C)C(=O)OCC1C2=C(CC3[C@H]4C5=C(C(=O)C(C)=C(OC)C5=O)[C@H](OC)[C@@H]([C@H](C#N)N13)N4C)C(=O)C(C)=C(OC)C2=O. The summed E-state index contributed by atoms with van der Waals surface area (Å²) >= 11 is 0. The Balaban J connectivity index is 1.75. The molecule has 0 spiro atoms. The van der Waals surface area contributed by atoms with Crippen LogP contribution in [0.15, 0.2) is 56.6 Å². The number of carbonyl (C=O) groups excluding carboxylic acids is 5. The number of methoxy groups -OCH3 is 3. The van der Waals surface area contributed by atoms with Crippen molar-refractivity contribution in [1.82, 2.24) is 9.80 Å². The molecular weight excluding hydrogens is 570 g/mol. The number of nitriles is 1. The van der Waals surface area contributed by atoms with E-state index in [0.29, 0.717) is 5.57 Å². The molecule has 12 heteroatoms. The molecule has 1 saturated heterocycles. The van der Waals surface area contributed by atoms with Crippen LogP contribution in [0.4, 0.5) is 0 Å². The Morgan fingerprint density at radius 2 is 1.55 bits per heavy atom. The second-order valence-electron chi connectivity index (χ2n) is 11.5. The number of hydrogen-bond acceptors (Lipinski definition) is 12. The molecular formula is C32H35N3O9. The molecule has 0 saturated carbocycles. The number of ketones is 4. The summed E-state index contributed by atoms with van der Waals surface area (Å²) in [7, 11) is 5.78. The molecule has 6 atom stereocenters. The Morgan fingerprint density at radius 1 is 0.955 bits per heavy atom. The lowest BCUT2D eigenvalue weighted by Gasteiger charge is -2.61. The summed E-state index contributed by atoms with van der Waals surface area (Å²) in [5, 5.41) is 10.7. The summed E-state index contributed by atoms with van der Waals surface area (Å²) in [5.74, 6) is -2.65. The van der Waals surface area contributed by atoms with E-state index in [-0.39, 0.29) is 58.0 Å². The number of Topliss-reactive ketones (excluding diaryl/α,β-unsaturated/α-hetero) is 4. The highest BCUT2D eigenvalue weighted by Crippen LogP contribution is 2.49. The minimum Gasteiger partial charge on any atom is -0.492 e. The predicted molar refractivity (Wildman–Crippen MR) is 153 cm³/mol. The third kappa shape index (κ3) is 4.17. The minimum atomic E-state index is -1.04. The number of piperazine rings is 1. The summed E-state index contributed by atoms with van der Waals surface area (Å²) in [4.78, 5) is 71.9. The van der Waals surface area contributed by atoms with Crippen LogP contribution in [0.25, 0.3) is 0 Å². The lowest BCUT2D eigenvalue weighted by molar-refractivity contribution is -0.146. The minimum absolute atomic E-state index is 0.00655. The summed E-state index contributed by atoms with van der Waals surface area (Å²) < 4.78 is 22.3. The van der Waals surface area contributed by atoms with Crippen LogP contribution in [0.2, 0.25) is 0 Å². The van der Waals surface area contributed by atoms with Crippen LogP contribution in [-0.4, -0.2) is 110 Å². The number of nitrogens with zero attached hydrogens (tertiary/aromatic N) is 3. The molecule has 1 fully saturated rings. The highest BCUT2D eigenvalue weighted by Gasteiger charge is 2.62. The van der Waals surface area contributed by atoms with E-state index in [2.05, 4.69) is 6.07 Å². The van der Waals surface area contributed by atoms with Gasteiger partial charge in [0.2, 0.25) is 11.6 Å². The van der Waals surface area contributed by atoms with Crippen molar-refractivity contribution >= 4 is 29.1 Å². The van der Waals surface area contributed by atoms with Gasteiger partial charge in [0.15, 0.2) is 23.1 Å².